The predicted molar refractivity (Wildman–Crippen MR) is 90.4 cm³/mol. The molecule has 1 aromatic rings. The van der Waals surface area contributed by atoms with Crippen LogP contribution in [0.4, 0.5) is 5.82 Å². The number of anilines is 1. The van der Waals surface area contributed by atoms with Gasteiger partial charge in [0, 0.05) is 31.7 Å². The molecule has 1 saturated heterocycles. The Labute approximate surface area is 138 Å². The quantitative estimate of drug-likeness (QED) is 0.858. The average molecular weight is 317 g/mol. The second-order valence-electron chi connectivity index (χ2n) is 6.61. The highest BCUT2D eigenvalue weighted by molar-refractivity contribution is 5.79. The summed E-state index contributed by atoms with van der Waals surface area (Å²) in [6, 6.07) is 4.87. The Morgan fingerprint density at radius 2 is 2.17 bits per heavy atom. The maximum absolute atomic E-state index is 12.3. The Balaban J connectivity index is 1.50. The van der Waals surface area contributed by atoms with Gasteiger partial charge in [-0.05, 0) is 51.7 Å². The maximum atomic E-state index is 12.3. The van der Waals surface area contributed by atoms with Crippen LogP contribution in [0.3, 0.4) is 0 Å². The lowest BCUT2D eigenvalue weighted by Crippen LogP contribution is -2.49. The molecule has 1 saturated carbocycles. The van der Waals surface area contributed by atoms with E-state index in [4.69, 9.17) is 0 Å². The molecule has 0 bridgehead atoms. The highest BCUT2D eigenvalue weighted by Crippen LogP contribution is 2.26. The second kappa shape index (κ2) is 7.25. The number of hydrogen-bond donors (Lipinski definition) is 1. The molecule has 1 N–H and O–H groups in total. The van der Waals surface area contributed by atoms with E-state index in [0.717, 1.165) is 44.0 Å². The van der Waals surface area contributed by atoms with Crippen LogP contribution in [0.5, 0.6) is 0 Å². The third-order valence-electron chi connectivity index (χ3n) is 4.72. The Bertz CT molecular complexity index is 528. The number of carbonyl (C=O) groups is 1. The lowest BCUT2D eigenvalue weighted by atomic mass is 10.1. The molecule has 6 heteroatoms. The number of hydrogen-bond acceptors (Lipinski definition) is 5. The van der Waals surface area contributed by atoms with Crippen LogP contribution in [-0.4, -0.2) is 59.3 Å². The summed E-state index contributed by atoms with van der Waals surface area (Å²) in [5.74, 6) is 1.17. The minimum atomic E-state index is 0.238. The molecule has 0 spiro atoms. The molecule has 1 aromatic heterocycles. The largest absolute Gasteiger partial charge is 0.354 e. The summed E-state index contributed by atoms with van der Waals surface area (Å²) in [4.78, 5) is 16.6. The minimum absolute atomic E-state index is 0.238. The van der Waals surface area contributed by atoms with E-state index in [1.807, 2.05) is 24.0 Å². The van der Waals surface area contributed by atoms with Crippen LogP contribution < -0.4 is 10.2 Å². The Kier molecular flexibility index (Phi) is 5.10. The first-order valence-corrected chi connectivity index (χ1v) is 8.75. The van der Waals surface area contributed by atoms with Gasteiger partial charge in [0.25, 0.3) is 0 Å². The molecular weight excluding hydrogens is 290 g/mol. The number of likely N-dealkylation sites (N-methyl/N-ethyl adjacent to an activating group) is 1. The van der Waals surface area contributed by atoms with Crippen molar-refractivity contribution >= 4 is 11.7 Å². The molecule has 2 aliphatic rings. The van der Waals surface area contributed by atoms with Crippen LogP contribution in [0.2, 0.25) is 0 Å². The van der Waals surface area contributed by atoms with E-state index in [1.54, 1.807) is 0 Å². The van der Waals surface area contributed by atoms with Crippen LogP contribution in [0, 0.1) is 6.92 Å². The molecule has 2 heterocycles. The Morgan fingerprint density at radius 3 is 2.83 bits per heavy atom. The SMILES string of the molecule is CCN(C(=O)CN[C@@H]1CCCN(c2ccc(C)nn2)C1)C1CC1. The number of nitrogens with one attached hydrogen (secondary N) is 1. The maximum Gasteiger partial charge on any atom is 0.236 e. The lowest BCUT2D eigenvalue weighted by molar-refractivity contribution is -0.130. The number of aromatic nitrogens is 2. The monoisotopic (exact) mass is 317 g/mol. The fourth-order valence-electron chi connectivity index (χ4n) is 3.27. The molecule has 1 aliphatic heterocycles. The number of amides is 1. The molecule has 0 unspecified atom stereocenters. The van der Waals surface area contributed by atoms with Gasteiger partial charge in [-0.2, -0.15) is 5.10 Å². The van der Waals surface area contributed by atoms with E-state index in [2.05, 4.69) is 27.3 Å². The summed E-state index contributed by atoms with van der Waals surface area (Å²) in [6.45, 7) is 7.17. The highest BCUT2D eigenvalue weighted by Gasteiger charge is 2.31. The van der Waals surface area contributed by atoms with Crippen molar-refractivity contribution < 1.29 is 4.79 Å². The normalized spacial score (nSPS) is 21.3. The Morgan fingerprint density at radius 1 is 1.35 bits per heavy atom. The number of aryl methyl sites for hydroxylation is 1. The molecule has 0 radical (unpaired) electrons. The molecule has 23 heavy (non-hydrogen) atoms. The summed E-state index contributed by atoms with van der Waals surface area (Å²) in [5, 5.41) is 11.9. The molecule has 1 amide bonds. The first-order valence-electron chi connectivity index (χ1n) is 8.75. The first-order chi connectivity index (χ1) is 11.2. The summed E-state index contributed by atoms with van der Waals surface area (Å²) in [5.41, 5.74) is 0.936. The van der Waals surface area contributed by atoms with Crippen LogP contribution in [0.1, 0.15) is 38.3 Å². The van der Waals surface area contributed by atoms with Crippen molar-refractivity contribution in [2.45, 2.75) is 51.6 Å². The van der Waals surface area contributed by atoms with Gasteiger partial charge < -0.3 is 15.1 Å². The van der Waals surface area contributed by atoms with Crippen molar-refractivity contribution in [2.75, 3.05) is 31.1 Å². The van der Waals surface area contributed by atoms with Crippen LogP contribution in [0.15, 0.2) is 12.1 Å². The number of carbonyl (C=O) groups excluding carboxylic acids is 1. The van der Waals surface area contributed by atoms with Gasteiger partial charge in [0.05, 0.1) is 12.2 Å². The number of nitrogens with zero attached hydrogens (tertiary/aromatic N) is 4. The molecule has 1 aliphatic carbocycles. The van der Waals surface area contributed by atoms with Crippen molar-refractivity contribution in [1.29, 1.82) is 0 Å². The van der Waals surface area contributed by atoms with Gasteiger partial charge in [-0.3, -0.25) is 4.79 Å². The fourth-order valence-corrected chi connectivity index (χ4v) is 3.27. The highest BCUT2D eigenvalue weighted by atomic mass is 16.2. The topological polar surface area (TPSA) is 61.4 Å². The lowest BCUT2D eigenvalue weighted by Gasteiger charge is -2.34. The van der Waals surface area contributed by atoms with Crippen molar-refractivity contribution in [3.05, 3.63) is 17.8 Å². The standard InChI is InChI=1S/C17H27N5O/c1-3-22(15-7-8-15)17(23)11-18-14-5-4-10-21(12-14)16-9-6-13(2)19-20-16/h6,9,14-15,18H,3-5,7-8,10-12H2,1-2H3/t14-/m1/s1. The van der Waals surface area contributed by atoms with Crippen LogP contribution in [0.25, 0.3) is 0 Å². The van der Waals surface area contributed by atoms with E-state index in [9.17, 15) is 4.79 Å². The summed E-state index contributed by atoms with van der Waals surface area (Å²) >= 11 is 0. The second-order valence-corrected chi connectivity index (χ2v) is 6.61. The van der Waals surface area contributed by atoms with E-state index in [1.165, 1.54) is 12.8 Å². The van der Waals surface area contributed by atoms with Gasteiger partial charge >= 0.3 is 0 Å². The number of piperidine rings is 1. The van der Waals surface area contributed by atoms with Crippen molar-refractivity contribution in [3.8, 4) is 0 Å². The van der Waals surface area contributed by atoms with E-state index >= 15 is 0 Å². The van der Waals surface area contributed by atoms with E-state index in [0.29, 0.717) is 18.6 Å². The third kappa shape index (κ3) is 4.19. The average Bonchev–Trinajstić information content (AvgIpc) is 3.39. The van der Waals surface area contributed by atoms with Gasteiger partial charge in [-0.25, -0.2) is 0 Å². The van der Waals surface area contributed by atoms with Crippen molar-refractivity contribution in [2.24, 2.45) is 0 Å². The molecule has 126 valence electrons. The van der Waals surface area contributed by atoms with Crippen molar-refractivity contribution in [3.63, 3.8) is 0 Å². The molecule has 2 fully saturated rings. The molecule has 6 nitrogen and oxygen atoms in total. The fraction of sp³-hybridized carbons (Fsp3) is 0.706. The number of rotatable bonds is 6. The third-order valence-corrected chi connectivity index (χ3v) is 4.72. The summed E-state index contributed by atoms with van der Waals surface area (Å²) in [7, 11) is 0. The zero-order chi connectivity index (χ0) is 16.2. The van der Waals surface area contributed by atoms with Gasteiger partial charge in [-0.15, -0.1) is 5.10 Å². The predicted octanol–water partition coefficient (Wildman–Crippen LogP) is 1.35. The minimum Gasteiger partial charge on any atom is -0.354 e. The molecule has 0 aromatic carbocycles. The van der Waals surface area contributed by atoms with Gasteiger partial charge in [0.1, 0.15) is 0 Å². The zero-order valence-corrected chi connectivity index (χ0v) is 14.2. The Hall–Kier alpha value is -1.69. The van der Waals surface area contributed by atoms with Gasteiger partial charge in [0.15, 0.2) is 5.82 Å². The smallest absolute Gasteiger partial charge is 0.236 e. The van der Waals surface area contributed by atoms with E-state index < -0.39 is 0 Å². The zero-order valence-electron chi connectivity index (χ0n) is 14.2. The van der Waals surface area contributed by atoms with Crippen LogP contribution in [-0.2, 0) is 4.79 Å². The molecule has 3 rings (SSSR count). The van der Waals surface area contributed by atoms with Crippen LogP contribution >= 0.6 is 0 Å². The van der Waals surface area contributed by atoms with Crippen molar-refractivity contribution in [1.82, 2.24) is 20.4 Å². The summed E-state index contributed by atoms with van der Waals surface area (Å²) < 4.78 is 0. The molecular formula is C17H27N5O. The van der Waals surface area contributed by atoms with Gasteiger partial charge in [-0.1, -0.05) is 0 Å². The van der Waals surface area contributed by atoms with E-state index in [-0.39, 0.29) is 5.91 Å². The summed E-state index contributed by atoms with van der Waals surface area (Å²) in [6.07, 6.45) is 4.56. The first kappa shape index (κ1) is 16.2. The van der Waals surface area contributed by atoms with Gasteiger partial charge in [0.2, 0.25) is 5.91 Å². The molecule has 1 atom stereocenters.